The van der Waals surface area contributed by atoms with Gasteiger partial charge in [0.1, 0.15) is 18.1 Å². The van der Waals surface area contributed by atoms with Gasteiger partial charge < -0.3 is 9.47 Å². The van der Waals surface area contributed by atoms with Gasteiger partial charge in [-0.25, -0.2) is 4.68 Å². The first-order valence-corrected chi connectivity index (χ1v) is 7.43. The van der Waals surface area contributed by atoms with Crippen molar-refractivity contribution in [3.05, 3.63) is 30.1 Å². The molecule has 0 aliphatic carbocycles. The molecule has 7 heteroatoms. The number of likely N-dealkylation sites (N-methyl/N-ethyl adjacent to an activating group) is 1. The maximum atomic E-state index is 5.72. The van der Waals surface area contributed by atoms with Crippen molar-refractivity contribution in [2.75, 3.05) is 27.3 Å². The predicted molar refractivity (Wildman–Crippen MR) is 82.9 cm³/mol. The number of aryl methyl sites for hydroxylation is 1. The smallest absolute Gasteiger partial charge is 0.165 e. The van der Waals surface area contributed by atoms with Crippen LogP contribution in [-0.4, -0.2) is 52.4 Å². The summed E-state index contributed by atoms with van der Waals surface area (Å²) in [6.45, 7) is 5.07. The first kappa shape index (κ1) is 16.2. The molecule has 0 saturated carbocycles. The van der Waals surface area contributed by atoms with Gasteiger partial charge in [-0.15, -0.1) is 5.10 Å². The third-order valence-electron chi connectivity index (χ3n) is 3.25. The van der Waals surface area contributed by atoms with Crippen molar-refractivity contribution in [1.29, 1.82) is 0 Å². The SMILES string of the molecule is CCCn1nnnc1CN(C)CCOc1ccc(OC)cc1. The lowest BCUT2D eigenvalue weighted by Gasteiger charge is -2.16. The maximum absolute atomic E-state index is 5.72. The minimum Gasteiger partial charge on any atom is -0.497 e. The average molecular weight is 305 g/mol. The minimum absolute atomic E-state index is 0.609. The molecular weight excluding hydrogens is 282 g/mol. The number of hydrogen-bond acceptors (Lipinski definition) is 6. The zero-order chi connectivity index (χ0) is 15.8. The van der Waals surface area contributed by atoms with Gasteiger partial charge in [0.15, 0.2) is 5.82 Å². The molecule has 0 spiro atoms. The second-order valence-electron chi connectivity index (χ2n) is 5.08. The van der Waals surface area contributed by atoms with Gasteiger partial charge in [-0.2, -0.15) is 0 Å². The van der Waals surface area contributed by atoms with Gasteiger partial charge in [0.2, 0.25) is 0 Å². The van der Waals surface area contributed by atoms with E-state index in [-0.39, 0.29) is 0 Å². The number of hydrogen-bond donors (Lipinski definition) is 0. The van der Waals surface area contributed by atoms with E-state index in [4.69, 9.17) is 9.47 Å². The van der Waals surface area contributed by atoms with Crippen LogP contribution in [0.15, 0.2) is 24.3 Å². The number of tetrazole rings is 1. The molecule has 1 heterocycles. The lowest BCUT2D eigenvalue weighted by Crippen LogP contribution is -2.25. The van der Waals surface area contributed by atoms with Gasteiger partial charge in [-0.1, -0.05) is 6.92 Å². The Morgan fingerprint density at radius 2 is 1.91 bits per heavy atom. The molecule has 7 nitrogen and oxygen atoms in total. The van der Waals surface area contributed by atoms with Gasteiger partial charge in [-0.05, 0) is 48.2 Å². The van der Waals surface area contributed by atoms with E-state index in [1.54, 1.807) is 7.11 Å². The van der Waals surface area contributed by atoms with Crippen molar-refractivity contribution in [3.63, 3.8) is 0 Å². The van der Waals surface area contributed by atoms with E-state index < -0.39 is 0 Å². The molecule has 2 rings (SSSR count). The summed E-state index contributed by atoms with van der Waals surface area (Å²) in [7, 11) is 3.68. The van der Waals surface area contributed by atoms with Gasteiger partial charge in [0, 0.05) is 13.1 Å². The number of ether oxygens (including phenoxy) is 2. The van der Waals surface area contributed by atoms with Crippen molar-refractivity contribution in [3.8, 4) is 11.5 Å². The van der Waals surface area contributed by atoms with E-state index in [1.807, 2.05) is 36.0 Å². The zero-order valence-corrected chi connectivity index (χ0v) is 13.4. The first-order valence-electron chi connectivity index (χ1n) is 7.43. The average Bonchev–Trinajstić information content (AvgIpc) is 2.95. The molecule has 1 aromatic carbocycles. The third kappa shape index (κ3) is 4.70. The normalized spacial score (nSPS) is 10.9. The molecule has 0 unspecified atom stereocenters. The lowest BCUT2D eigenvalue weighted by molar-refractivity contribution is 0.227. The molecule has 0 N–H and O–H groups in total. The number of rotatable bonds is 9. The second kappa shape index (κ2) is 8.33. The predicted octanol–water partition coefficient (Wildman–Crippen LogP) is 1.60. The Morgan fingerprint density at radius 1 is 1.18 bits per heavy atom. The van der Waals surface area contributed by atoms with Crippen LogP contribution in [0.2, 0.25) is 0 Å². The fraction of sp³-hybridized carbons (Fsp3) is 0.533. The van der Waals surface area contributed by atoms with Crippen LogP contribution in [0.4, 0.5) is 0 Å². The van der Waals surface area contributed by atoms with Gasteiger partial charge in [0.25, 0.3) is 0 Å². The van der Waals surface area contributed by atoms with Crippen molar-refractivity contribution in [2.45, 2.75) is 26.4 Å². The minimum atomic E-state index is 0.609. The Kier molecular flexibility index (Phi) is 6.14. The molecule has 0 fully saturated rings. The van der Waals surface area contributed by atoms with Crippen molar-refractivity contribution in [1.82, 2.24) is 25.1 Å². The lowest BCUT2D eigenvalue weighted by atomic mass is 10.3. The molecule has 0 aliphatic heterocycles. The van der Waals surface area contributed by atoms with Crippen molar-refractivity contribution in [2.24, 2.45) is 0 Å². The summed E-state index contributed by atoms with van der Waals surface area (Å²) in [6, 6.07) is 7.58. The van der Waals surface area contributed by atoms with E-state index in [2.05, 4.69) is 27.3 Å². The van der Waals surface area contributed by atoms with Crippen LogP contribution < -0.4 is 9.47 Å². The molecule has 0 aliphatic rings. The highest BCUT2D eigenvalue weighted by Gasteiger charge is 2.08. The molecule has 0 bridgehead atoms. The molecule has 120 valence electrons. The van der Waals surface area contributed by atoms with Crippen LogP contribution in [0.1, 0.15) is 19.2 Å². The quantitative estimate of drug-likeness (QED) is 0.701. The van der Waals surface area contributed by atoms with Gasteiger partial charge >= 0.3 is 0 Å². The van der Waals surface area contributed by atoms with Gasteiger partial charge in [0.05, 0.1) is 13.7 Å². The molecular formula is C15H23N5O2. The van der Waals surface area contributed by atoms with Crippen LogP contribution in [-0.2, 0) is 13.1 Å². The summed E-state index contributed by atoms with van der Waals surface area (Å²) in [5, 5.41) is 11.8. The second-order valence-corrected chi connectivity index (χ2v) is 5.08. The fourth-order valence-corrected chi connectivity index (χ4v) is 2.03. The standard InChI is InChI=1S/C15H23N5O2/c1-4-9-20-15(16-17-18-20)12-19(2)10-11-22-14-7-5-13(21-3)6-8-14/h5-8H,4,9-12H2,1-3H3. The van der Waals surface area contributed by atoms with Crippen LogP contribution in [0.5, 0.6) is 11.5 Å². The fourth-order valence-electron chi connectivity index (χ4n) is 2.03. The Hall–Kier alpha value is -2.15. The monoisotopic (exact) mass is 305 g/mol. The van der Waals surface area contributed by atoms with Gasteiger partial charge in [-0.3, -0.25) is 4.90 Å². The summed E-state index contributed by atoms with van der Waals surface area (Å²) >= 11 is 0. The Balaban J connectivity index is 1.75. The largest absolute Gasteiger partial charge is 0.497 e. The molecule has 0 saturated heterocycles. The highest BCUT2D eigenvalue weighted by molar-refractivity contribution is 5.31. The molecule has 22 heavy (non-hydrogen) atoms. The van der Waals surface area contributed by atoms with E-state index in [9.17, 15) is 0 Å². The molecule has 2 aromatic rings. The van der Waals surface area contributed by atoms with E-state index >= 15 is 0 Å². The summed E-state index contributed by atoms with van der Waals surface area (Å²) in [5.74, 6) is 2.55. The zero-order valence-electron chi connectivity index (χ0n) is 13.4. The topological polar surface area (TPSA) is 65.3 Å². The van der Waals surface area contributed by atoms with E-state index in [0.29, 0.717) is 13.2 Å². The number of nitrogens with zero attached hydrogens (tertiary/aromatic N) is 5. The highest BCUT2D eigenvalue weighted by Crippen LogP contribution is 2.16. The molecule has 1 aromatic heterocycles. The van der Waals surface area contributed by atoms with Crippen LogP contribution in [0.3, 0.4) is 0 Å². The molecule has 0 radical (unpaired) electrons. The van der Waals surface area contributed by atoms with Crippen molar-refractivity contribution >= 4 is 0 Å². The number of aromatic nitrogens is 4. The van der Waals surface area contributed by atoms with Crippen LogP contribution in [0.25, 0.3) is 0 Å². The van der Waals surface area contributed by atoms with E-state index in [1.165, 1.54) is 0 Å². The Labute approximate surface area is 130 Å². The van der Waals surface area contributed by atoms with Crippen LogP contribution in [0, 0.1) is 0 Å². The number of benzene rings is 1. The summed E-state index contributed by atoms with van der Waals surface area (Å²) in [6.07, 6.45) is 1.02. The highest BCUT2D eigenvalue weighted by atomic mass is 16.5. The van der Waals surface area contributed by atoms with Crippen LogP contribution >= 0.6 is 0 Å². The number of methoxy groups -OCH3 is 1. The first-order chi connectivity index (χ1) is 10.7. The molecule has 0 amide bonds. The van der Waals surface area contributed by atoms with Crippen molar-refractivity contribution < 1.29 is 9.47 Å². The molecule has 0 atom stereocenters. The summed E-state index contributed by atoms with van der Waals surface area (Å²) in [4.78, 5) is 2.14. The van der Waals surface area contributed by atoms with E-state index in [0.717, 1.165) is 36.8 Å². The Bertz CT molecular complexity index is 555. The Morgan fingerprint density at radius 3 is 2.59 bits per heavy atom. The summed E-state index contributed by atoms with van der Waals surface area (Å²) in [5.41, 5.74) is 0. The summed E-state index contributed by atoms with van der Waals surface area (Å²) < 4.78 is 12.7. The third-order valence-corrected chi connectivity index (χ3v) is 3.25. The maximum Gasteiger partial charge on any atom is 0.165 e.